The second kappa shape index (κ2) is 6.25. The van der Waals surface area contributed by atoms with Crippen LogP contribution < -0.4 is 0 Å². The molecule has 0 bridgehead atoms. The molecule has 0 spiro atoms. The molecular formula is C15H13Cl2NO2. The Morgan fingerprint density at radius 3 is 2.55 bits per heavy atom. The molecule has 0 aliphatic rings. The number of halogens is 2. The van der Waals surface area contributed by atoms with Crippen molar-refractivity contribution in [3.05, 3.63) is 52.1 Å². The normalized spacial score (nSPS) is 10.7. The Labute approximate surface area is 127 Å². The van der Waals surface area contributed by atoms with Crippen LogP contribution >= 0.6 is 23.2 Å². The van der Waals surface area contributed by atoms with E-state index in [1.165, 1.54) is 0 Å². The summed E-state index contributed by atoms with van der Waals surface area (Å²) in [5.74, 6) is -0.443. The molecule has 0 saturated heterocycles. The van der Waals surface area contributed by atoms with Crippen LogP contribution in [0.2, 0.25) is 10.0 Å². The number of pyridine rings is 1. The number of hydrogen-bond donors (Lipinski definition) is 0. The maximum Gasteiger partial charge on any atom is 0.357 e. The first-order chi connectivity index (χ1) is 9.47. The van der Waals surface area contributed by atoms with Crippen LogP contribution in [0.25, 0.3) is 11.3 Å². The number of hydrogen-bond acceptors (Lipinski definition) is 3. The van der Waals surface area contributed by atoms with Crippen LogP contribution in [0.15, 0.2) is 36.4 Å². The Kier molecular flexibility index (Phi) is 4.63. The molecule has 0 aliphatic carbocycles. The van der Waals surface area contributed by atoms with Crippen molar-refractivity contribution in [1.82, 2.24) is 4.98 Å². The summed E-state index contributed by atoms with van der Waals surface area (Å²) in [5, 5.41) is 0.923. The van der Waals surface area contributed by atoms with Crippen molar-refractivity contribution in [3.63, 3.8) is 0 Å². The van der Waals surface area contributed by atoms with Gasteiger partial charge in [0.25, 0.3) is 0 Å². The largest absolute Gasteiger partial charge is 0.458 e. The summed E-state index contributed by atoms with van der Waals surface area (Å²) >= 11 is 11.9. The molecule has 104 valence electrons. The molecule has 0 radical (unpaired) electrons. The smallest absolute Gasteiger partial charge is 0.357 e. The molecule has 0 aliphatic heterocycles. The number of benzene rings is 1. The summed E-state index contributed by atoms with van der Waals surface area (Å²) in [6, 6.07) is 10.4. The van der Waals surface area contributed by atoms with Gasteiger partial charge in [-0.25, -0.2) is 9.78 Å². The Morgan fingerprint density at radius 2 is 1.90 bits per heavy atom. The lowest BCUT2D eigenvalue weighted by molar-refractivity contribution is 0.0371. The van der Waals surface area contributed by atoms with Gasteiger partial charge in [0.2, 0.25) is 0 Å². The van der Waals surface area contributed by atoms with Crippen LogP contribution in [0.5, 0.6) is 0 Å². The number of carbonyl (C=O) groups excluding carboxylic acids is 1. The molecule has 0 N–H and O–H groups in total. The lowest BCUT2D eigenvalue weighted by Crippen LogP contribution is -2.13. The lowest BCUT2D eigenvalue weighted by Gasteiger charge is -2.08. The highest BCUT2D eigenvalue weighted by Crippen LogP contribution is 2.27. The van der Waals surface area contributed by atoms with Crippen molar-refractivity contribution < 1.29 is 9.53 Å². The molecule has 0 fully saturated rings. The summed E-state index contributed by atoms with van der Waals surface area (Å²) in [7, 11) is 0. The van der Waals surface area contributed by atoms with Crippen LogP contribution in [0.1, 0.15) is 24.3 Å². The van der Waals surface area contributed by atoms with Gasteiger partial charge < -0.3 is 4.74 Å². The number of rotatable bonds is 3. The van der Waals surface area contributed by atoms with E-state index < -0.39 is 5.97 Å². The van der Waals surface area contributed by atoms with Gasteiger partial charge in [0.15, 0.2) is 0 Å². The van der Waals surface area contributed by atoms with E-state index in [-0.39, 0.29) is 11.8 Å². The molecule has 0 atom stereocenters. The maximum absolute atomic E-state index is 11.8. The summed E-state index contributed by atoms with van der Waals surface area (Å²) < 4.78 is 5.12. The minimum Gasteiger partial charge on any atom is -0.458 e. The van der Waals surface area contributed by atoms with Crippen LogP contribution in [0.4, 0.5) is 0 Å². The third-order valence-corrected chi connectivity index (χ3v) is 3.26. The van der Waals surface area contributed by atoms with Gasteiger partial charge in [-0.2, -0.15) is 0 Å². The van der Waals surface area contributed by atoms with E-state index in [0.717, 1.165) is 5.56 Å². The lowest BCUT2D eigenvalue weighted by atomic mass is 10.1. The van der Waals surface area contributed by atoms with Gasteiger partial charge in [-0.05, 0) is 38.1 Å². The Hall–Kier alpha value is -1.58. The zero-order valence-corrected chi connectivity index (χ0v) is 12.6. The quantitative estimate of drug-likeness (QED) is 0.776. The standard InChI is InChI=1S/C15H13Cl2NO2/c1-9(2)20-15(19)14-5-3-4-13(18-14)10-6-7-11(16)12(17)8-10/h3-9H,1-2H3. The maximum atomic E-state index is 11.8. The van der Waals surface area contributed by atoms with Crippen molar-refractivity contribution in [1.29, 1.82) is 0 Å². The number of aromatic nitrogens is 1. The highest BCUT2D eigenvalue weighted by Gasteiger charge is 2.12. The minimum absolute atomic E-state index is 0.182. The monoisotopic (exact) mass is 309 g/mol. The fourth-order valence-electron chi connectivity index (χ4n) is 1.64. The van der Waals surface area contributed by atoms with Crippen LogP contribution in [0.3, 0.4) is 0 Å². The third kappa shape index (κ3) is 3.50. The van der Waals surface area contributed by atoms with Gasteiger partial charge in [-0.3, -0.25) is 0 Å². The van der Waals surface area contributed by atoms with E-state index >= 15 is 0 Å². The van der Waals surface area contributed by atoms with Crippen molar-refractivity contribution in [2.75, 3.05) is 0 Å². The summed E-state index contributed by atoms with van der Waals surface area (Å²) in [6.07, 6.45) is -0.182. The molecule has 1 heterocycles. The van der Waals surface area contributed by atoms with Crippen molar-refractivity contribution in [2.24, 2.45) is 0 Å². The summed E-state index contributed by atoms with van der Waals surface area (Å²) in [5.41, 5.74) is 1.70. The average Bonchev–Trinajstić information content (AvgIpc) is 2.41. The van der Waals surface area contributed by atoms with Crippen molar-refractivity contribution in [3.8, 4) is 11.3 Å². The van der Waals surface area contributed by atoms with Gasteiger partial charge >= 0.3 is 5.97 Å². The fraction of sp³-hybridized carbons (Fsp3) is 0.200. The summed E-state index contributed by atoms with van der Waals surface area (Å²) in [6.45, 7) is 3.58. The second-order valence-corrected chi connectivity index (χ2v) is 5.31. The van der Waals surface area contributed by atoms with Crippen LogP contribution in [-0.2, 0) is 4.74 Å². The SMILES string of the molecule is CC(C)OC(=O)c1cccc(-c2ccc(Cl)c(Cl)c2)n1. The van der Waals surface area contributed by atoms with Gasteiger partial charge in [0.1, 0.15) is 5.69 Å². The summed E-state index contributed by atoms with van der Waals surface area (Å²) in [4.78, 5) is 16.1. The molecule has 20 heavy (non-hydrogen) atoms. The number of esters is 1. The molecule has 1 aromatic carbocycles. The highest BCUT2D eigenvalue weighted by molar-refractivity contribution is 6.42. The Balaban J connectivity index is 2.34. The Bertz CT molecular complexity index is 642. The molecule has 0 amide bonds. The first-order valence-corrected chi connectivity index (χ1v) is 6.86. The predicted octanol–water partition coefficient (Wildman–Crippen LogP) is 4.62. The zero-order chi connectivity index (χ0) is 14.7. The first-order valence-electron chi connectivity index (χ1n) is 6.11. The van der Waals surface area contributed by atoms with E-state index in [4.69, 9.17) is 27.9 Å². The number of carbonyl (C=O) groups is 1. The predicted molar refractivity (Wildman–Crippen MR) is 80.2 cm³/mol. The number of ether oxygens (including phenoxy) is 1. The van der Waals surface area contributed by atoms with E-state index in [1.807, 2.05) is 0 Å². The molecule has 0 unspecified atom stereocenters. The van der Waals surface area contributed by atoms with E-state index in [9.17, 15) is 4.79 Å². The topological polar surface area (TPSA) is 39.2 Å². The molecule has 5 heteroatoms. The molecule has 2 rings (SSSR count). The molecular weight excluding hydrogens is 297 g/mol. The first kappa shape index (κ1) is 14.8. The molecule has 2 aromatic rings. The van der Waals surface area contributed by atoms with Gasteiger partial charge in [-0.1, -0.05) is 35.3 Å². The highest BCUT2D eigenvalue weighted by atomic mass is 35.5. The van der Waals surface area contributed by atoms with Crippen LogP contribution in [0, 0.1) is 0 Å². The fourth-order valence-corrected chi connectivity index (χ4v) is 1.94. The van der Waals surface area contributed by atoms with E-state index in [1.54, 1.807) is 50.2 Å². The average molecular weight is 310 g/mol. The van der Waals surface area contributed by atoms with Gasteiger partial charge in [-0.15, -0.1) is 0 Å². The molecule has 1 aromatic heterocycles. The van der Waals surface area contributed by atoms with Gasteiger partial charge in [0.05, 0.1) is 21.8 Å². The number of nitrogens with zero attached hydrogens (tertiary/aromatic N) is 1. The van der Waals surface area contributed by atoms with Crippen molar-refractivity contribution >= 4 is 29.2 Å². The van der Waals surface area contributed by atoms with Crippen LogP contribution in [-0.4, -0.2) is 17.1 Å². The molecule has 3 nitrogen and oxygen atoms in total. The van der Waals surface area contributed by atoms with E-state index in [0.29, 0.717) is 15.7 Å². The molecule has 0 saturated carbocycles. The van der Waals surface area contributed by atoms with Crippen molar-refractivity contribution in [2.45, 2.75) is 20.0 Å². The second-order valence-electron chi connectivity index (χ2n) is 4.49. The Morgan fingerprint density at radius 1 is 1.15 bits per heavy atom. The van der Waals surface area contributed by atoms with E-state index in [2.05, 4.69) is 4.98 Å². The third-order valence-electron chi connectivity index (χ3n) is 2.52. The van der Waals surface area contributed by atoms with Gasteiger partial charge in [0, 0.05) is 5.56 Å². The minimum atomic E-state index is -0.443. The zero-order valence-electron chi connectivity index (χ0n) is 11.1.